The molecule has 1 amide bonds. The first-order valence-electron chi connectivity index (χ1n) is 6.09. The topological polar surface area (TPSA) is 78.3 Å². The number of nitrogens with two attached hydrogens (primary N) is 2. The van der Waals surface area contributed by atoms with E-state index < -0.39 is 11.7 Å². The molecular formula is C13H17FN2O2. The molecule has 1 aromatic carbocycles. The molecule has 0 spiro atoms. The SMILES string of the molecule is NC(=O)c1cc(F)ccc1OC1CCCCC1N. The minimum Gasteiger partial charge on any atom is -0.488 e. The number of halogens is 1. The van der Waals surface area contributed by atoms with Crippen LogP contribution in [0.25, 0.3) is 0 Å². The van der Waals surface area contributed by atoms with E-state index in [1.807, 2.05) is 0 Å². The zero-order chi connectivity index (χ0) is 13.1. The highest BCUT2D eigenvalue weighted by Crippen LogP contribution is 2.26. The molecule has 0 saturated heterocycles. The van der Waals surface area contributed by atoms with Crippen molar-refractivity contribution in [2.75, 3.05) is 0 Å². The molecule has 18 heavy (non-hydrogen) atoms. The molecule has 1 fully saturated rings. The molecule has 2 atom stereocenters. The van der Waals surface area contributed by atoms with Crippen molar-refractivity contribution in [3.05, 3.63) is 29.6 Å². The van der Waals surface area contributed by atoms with Crippen LogP contribution in [-0.2, 0) is 0 Å². The molecule has 2 unspecified atom stereocenters. The molecule has 0 bridgehead atoms. The van der Waals surface area contributed by atoms with Crippen LogP contribution in [0.2, 0.25) is 0 Å². The Bertz CT molecular complexity index is 451. The van der Waals surface area contributed by atoms with E-state index in [0.717, 1.165) is 31.7 Å². The van der Waals surface area contributed by atoms with Crippen molar-refractivity contribution < 1.29 is 13.9 Å². The molecule has 5 heteroatoms. The monoisotopic (exact) mass is 252 g/mol. The number of amides is 1. The Morgan fingerprint density at radius 3 is 2.72 bits per heavy atom. The molecule has 1 aliphatic carbocycles. The second-order valence-electron chi connectivity index (χ2n) is 4.61. The maximum absolute atomic E-state index is 13.1. The third-order valence-corrected chi connectivity index (χ3v) is 3.24. The van der Waals surface area contributed by atoms with Crippen LogP contribution in [0.5, 0.6) is 5.75 Å². The molecule has 0 heterocycles. The maximum Gasteiger partial charge on any atom is 0.252 e. The number of rotatable bonds is 3. The second kappa shape index (κ2) is 5.35. The standard InChI is InChI=1S/C13H17FN2O2/c14-8-5-6-11(9(7-8)13(16)17)18-12-4-2-1-3-10(12)15/h5-7,10,12H,1-4,15H2,(H2,16,17). The summed E-state index contributed by atoms with van der Waals surface area (Å²) in [5.74, 6) is -0.899. The summed E-state index contributed by atoms with van der Waals surface area (Å²) >= 11 is 0. The smallest absolute Gasteiger partial charge is 0.252 e. The lowest BCUT2D eigenvalue weighted by molar-refractivity contribution is 0.0980. The van der Waals surface area contributed by atoms with Crippen molar-refractivity contribution in [2.45, 2.75) is 37.8 Å². The van der Waals surface area contributed by atoms with Crippen molar-refractivity contribution in [1.82, 2.24) is 0 Å². The Labute approximate surface area is 105 Å². The predicted octanol–water partition coefficient (Wildman–Crippen LogP) is 1.57. The molecule has 4 N–H and O–H groups in total. The van der Waals surface area contributed by atoms with E-state index in [0.29, 0.717) is 5.75 Å². The van der Waals surface area contributed by atoms with Crippen molar-refractivity contribution in [3.8, 4) is 5.75 Å². The summed E-state index contributed by atoms with van der Waals surface area (Å²) in [6.07, 6.45) is 3.75. The largest absolute Gasteiger partial charge is 0.488 e. The highest BCUT2D eigenvalue weighted by atomic mass is 19.1. The summed E-state index contributed by atoms with van der Waals surface area (Å²) in [6.45, 7) is 0. The van der Waals surface area contributed by atoms with Gasteiger partial charge in [-0.1, -0.05) is 6.42 Å². The van der Waals surface area contributed by atoms with E-state index in [2.05, 4.69) is 0 Å². The van der Waals surface area contributed by atoms with E-state index in [4.69, 9.17) is 16.2 Å². The van der Waals surface area contributed by atoms with Crippen LogP contribution in [0.15, 0.2) is 18.2 Å². The number of hydrogen-bond donors (Lipinski definition) is 2. The summed E-state index contributed by atoms with van der Waals surface area (Å²) in [5.41, 5.74) is 11.2. The second-order valence-corrected chi connectivity index (χ2v) is 4.61. The van der Waals surface area contributed by atoms with E-state index in [1.165, 1.54) is 12.1 Å². The molecule has 0 aliphatic heterocycles. The summed E-state index contributed by atoms with van der Waals surface area (Å²) in [5, 5.41) is 0. The highest BCUT2D eigenvalue weighted by Gasteiger charge is 2.25. The Kier molecular flexibility index (Phi) is 3.81. The van der Waals surface area contributed by atoms with Gasteiger partial charge >= 0.3 is 0 Å². The van der Waals surface area contributed by atoms with E-state index in [9.17, 15) is 9.18 Å². The first-order chi connectivity index (χ1) is 8.58. The van der Waals surface area contributed by atoms with Crippen LogP contribution in [0.4, 0.5) is 4.39 Å². The number of hydrogen-bond acceptors (Lipinski definition) is 3. The Balaban J connectivity index is 2.20. The molecule has 2 rings (SSSR count). The Hall–Kier alpha value is -1.62. The zero-order valence-electron chi connectivity index (χ0n) is 10.1. The molecule has 1 aliphatic rings. The number of benzene rings is 1. The van der Waals surface area contributed by atoms with Gasteiger partial charge in [-0.2, -0.15) is 0 Å². The first kappa shape index (κ1) is 12.8. The third kappa shape index (κ3) is 2.79. The fourth-order valence-corrected chi connectivity index (χ4v) is 2.23. The Morgan fingerprint density at radius 2 is 2.06 bits per heavy atom. The van der Waals surface area contributed by atoms with Gasteiger partial charge in [-0.05, 0) is 37.5 Å². The highest BCUT2D eigenvalue weighted by molar-refractivity contribution is 5.95. The van der Waals surface area contributed by atoms with Gasteiger partial charge in [0, 0.05) is 6.04 Å². The average molecular weight is 252 g/mol. The van der Waals surface area contributed by atoms with Gasteiger partial charge in [0.25, 0.3) is 5.91 Å². The van der Waals surface area contributed by atoms with Gasteiger partial charge in [-0.15, -0.1) is 0 Å². The molecule has 98 valence electrons. The van der Waals surface area contributed by atoms with Gasteiger partial charge in [0.05, 0.1) is 5.56 Å². The molecule has 4 nitrogen and oxygen atoms in total. The number of ether oxygens (including phenoxy) is 1. The lowest BCUT2D eigenvalue weighted by Crippen LogP contribution is -2.41. The van der Waals surface area contributed by atoms with Gasteiger partial charge in [-0.25, -0.2) is 4.39 Å². The molecule has 0 aromatic heterocycles. The van der Waals surface area contributed by atoms with Crippen molar-refractivity contribution >= 4 is 5.91 Å². The van der Waals surface area contributed by atoms with E-state index in [1.54, 1.807) is 0 Å². The molecule has 1 saturated carbocycles. The zero-order valence-corrected chi connectivity index (χ0v) is 10.1. The van der Waals surface area contributed by atoms with Gasteiger partial charge in [0.2, 0.25) is 0 Å². The first-order valence-corrected chi connectivity index (χ1v) is 6.09. The predicted molar refractivity (Wildman–Crippen MR) is 65.8 cm³/mol. The summed E-state index contributed by atoms with van der Waals surface area (Å²) in [7, 11) is 0. The van der Waals surface area contributed by atoms with Gasteiger partial charge < -0.3 is 16.2 Å². The lowest BCUT2D eigenvalue weighted by Gasteiger charge is -2.29. The summed E-state index contributed by atoms with van der Waals surface area (Å²) in [6, 6.07) is 3.71. The summed E-state index contributed by atoms with van der Waals surface area (Å²) in [4.78, 5) is 11.2. The number of primary amides is 1. The van der Waals surface area contributed by atoms with Crippen LogP contribution in [-0.4, -0.2) is 18.1 Å². The van der Waals surface area contributed by atoms with E-state index >= 15 is 0 Å². The molecular weight excluding hydrogens is 235 g/mol. The number of carbonyl (C=O) groups excluding carboxylic acids is 1. The summed E-state index contributed by atoms with van der Waals surface area (Å²) < 4.78 is 18.8. The van der Waals surface area contributed by atoms with Crippen LogP contribution < -0.4 is 16.2 Å². The van der Waals surface area contributed by atoms with Crippen LogP contribution >= 0.6 is 0 Å². The van der Waals surface area contributed by atoms with Crippen molar-refractivity contribution in [3.63, 3.8) is 0 Å². The van der Waals surface area contributed by atoms with Crippen molar-refractivity contribution in [1.29, 1.82) is 0 Å². The Morgan fingerprint density at radius 1 is 1.33 bits per heavy atom. The average Bonchev–Trinajstić information content (AvgIpc) is 2.34. The van der Waals surface area contributed by atoms with E-state index in [-0.39, 0.29) is 17.7 Å². The molecule has 0 radical (unpaired) electrons. The van der Waals surface area contributed by atoms with Gasteiger partial charge in [-0.3, -0.25) is 4.79 Å². The van der Waals surface area contributed by atoms with Crippen LogP contribution in [0.1, 0.15) is 36.0 Å². The van der Waals surface area contributed by atoms with Crippen LogP contribution in [0.3, 0.4) is 0 Å². The van der Waals surface area contributed by atoms with Gasteiger partial charge in [0.15, 0.2) is 0 Å². The van der Waals surface area contributed by atoms with Crippen molar-refractivity contribution in [2.24, 2.45) is 11.5 Å². The van der Waals surface area contributed by atoms with Gasteiger partial charge in [0.1, 0.15) is 17.7 Å². The number of carbonyl (C=O) groups is 1. The van der Waals surface area contributed by atoms with Crippen LogP contribution in [0, 0.1) is 5.82 Å². The minimum atomic E-state index is -0.700. The lowest BCUT2D eigenvalue weighted by atomic mass is 9.93. The normalized spacial score (nSPS) is 23.7. The third-order valence-electron chi connectivity index (χ3n) is 3.24. The molecule has 1 aromatic rings. The minimum absolute atomic E-state index is 0.0514. The fraction of sp³-hybridized carbons (Fsp3) is 0.462. The maximum atomic E-state index is 13.1. The fourth-order valence-electron chi connectivity index (χ4n) is 2.23. The quantitative estimate of drug-likeness (QED) is 0.857.